The molecule has 44 heavy (non-hydrogen) atoms. The second kappa shape index (κ2) is 11.5. The highest BCUT2D eigenvalue weighted by Gasteiger charge is 2.25. The lowest BCUT2D eigenvalue weighted by molar-refractivity contribution is 0.0964. The van der Waals surface area contributed by atoms with Crippen LogP contribution in [0.25, 0.3) is 44.3 Å². The molecule has 0 saturated carbocycles. The zero-order chi connectivity index (χ0) is 31.1. The molecule has 0 fully saturated rings. The number of furan rings is 1. The van der Waals surface area contributed by atoms with Gasteiger partial charge in [-0.2, -0.15) is 0 Å². The maximum atomic E-state index is 13.7. The fraction of sp³-hybridized carbons (Fsp3) is 0.125. The summed E-state index contributed by atoms with van der Waals surface area (Å²) in [5.41, 5.74) is 3.45. The molecule has 9 nitrogen and oxygen atoms in total. The van der Waals surface area contributed by atoms with Gasteiger partial charge in [0.05, 0.1) is 23.2 Å². The van der Waals surface area contributed by atoms with Gasteiger partial charge in [-0.1, -0.05) is 23.4 Å². The van der Waals surface area contributed by atoms with E-state index in [1.807, 2.05) is 0 Å². The number of hydrogen-bond donors (Lipinski definition) is 1. The van der Waals surface area contributed by atoms with Crippen molar-refractivity contribution < 1.29 is 22.2 Å². The summed E-state index contributed by atoms with van der Waals surface area (Å²) >= 11 is 0. The number of aromatic nitrogens is 3. The van der Waals surface area contributed by atoms with Crippen LogP contribution in [0.2, 0.25) is 0 Å². The number of nitrogens with one attached hydrogen (secondary N) is 1. The molecule has 6 rings (SSSR count). The molecule has 0 bridgehead atoms. The van der Waals surface area contributed by atoms with Crippen LogP contribution in [0.15, 0.2) is 88.1 Å². The van der Waals surface area contributed by atoms with Crippen LogP contribution in [-0.4, -0.2) is 45.5 Å². The van der Waals surface area contributed by atoms with Crippen molar-refractivity contribution in [2.24, 2.45) is 0 Å². The predicted octanol–water partition coefficient (Wildman–Crippen LogP) is 5.29. The molecule has 2 heterocycles. The van der Waals surface area contributed by atoms with E-state index in [1.165, 1.54) is 54.4 Å². The van der Waals surface area contributed by atoms with Gasteiger partial charge in [0.15, 0.2) is 0 Å². The lowest BCUT2D eigenvalue weighted by Gasteiger charge is -2.20. The van der Waals surface area contributed by atoms with Crippen molar-refractivity contribution in [1.82, 2.24) is 20.3 Å². The summed E-state index contributed by atoms with van der Waals surface area (Å²) in [7, 11) is 1.72. The van der Waals surface area contributed by atoms with Crippen molar-refractivity contribution in [2.45, 2.75) is 6.54 Å². The highest BCUT2D eigenvalue weighted by molar-refractivity contribution is 7.85. The lowest BCUT2D eigenvalue weighted by atomic mass is 9.97. The summed E-state index contributed by atoms with van der Waals surface area (Å²) < 4.78 is 48.7. The Morgan fingerprint density at radius 3 is 2.27 bits per heavy atom. The van der Waals surface area contributed by atoms with Crippen LogP contribution < -0.4 is 15.2 Å². The van der Waals surface area contributed by atoms with Crippen molar-refractivity contribution in [2.75, 3.05) is 24.7 Å². The van der Waals surface area contributed by atoms with Gasteiger partial charge in [0.25, 0.3) is 11.5 Å². The Hall–Kier alpha value is -5.23. The lowest BCUT2D eigenvalue weighted by Crippen LogP contribution is -2.24. The van der Waals surface area contributed by atoms with Gasteiger partial charge in [-0.15, -0.1) is 5.10 Å². The van der Waals surface area contributed by atoms with Gasteiger partial charge in [-0.3, -0.25) is 13.9 Å². The Balaban J connectivity index is 1.56. The summed E-state index contributed by atoms with van der Waals surface area (Å²) in [6.07, 6.45) is 1.53. The van der Waals surface area contributed by atoms with E-state index >= 15 is 0 Å². The van der Waals surface area contributed by atoms with Gasteiger partial charge in [0.1, 0.15) is 39.5 Å². The van der Waals surface area contributed by atoms with Crippen LogP contribution in [0.3, 0.4) is 0 Å². The summed E-state index contributed by atoms with van der Waals surface area (Å²) in [6.45, 7) is 0.0950. The van der Waals surface area contributed by atoms with E-state index < -0.39 is 28.3 Å². The number of carbonyl (C=O) groups is 1. The molecule has 0 aliphatic carbocycles. The van der Waals surface area contributed by atoms with Crippen molar-refractivity contribution in [1.29, 1.82) is 0 Å². The third-order valence-corrected chi connectivity index (χ3v) is 8.34. The zero-order valence-electron chi connectivity index (χ0n) is 23.8. The topological polar surface area (TPSA) is 110 Å². The minimum absolute atomic E-state index is 0.0950. The number of fused-ring (bicyclic) bond motifs is 2. The van der Waals surface area contributed by atoms with Crippen molar-refractivity contribution in [3.8, 4) is 22.5 Å². The molecule has 6 aromatic rings. The molecule has 0 saturated heterocycles. The third-order valence-electron chi connectivity index (χ3n) is 7.37. The number of carbonyl (C=O) groups excluding carboxylic acids is 1. The SMILES string of the molecule is CNC(=O)c1c(-c2ccc(F)cc2)oc2cc(N(C)S(C)=O)c(-c3ccc4nnn(Cc5ccc(F)cc5)c(=O)c4c3)cc12. The van der Waals surface area contributed by atoms with E-state index in [2.05, 4.69) is 15.6 Å². The van der Waals surface area contributed by atoms with Crippen LogP contribution in [0, 0.1) is 11.6 Å². The largest absolute Gasteiger partial charge is 0.455 e. The Morgan fingerprint density at radius 1 is 0.955 bits per heavy atom. The third kappa shape index (κ3) is 5.24. The maximum absolute atomic E-state index is 13.7. The Morgan fingerprint density at radius 2 is 1.61 bits per heavy atom. The van der Waals surface area contributed by atoms with Crippen LogP contribution in [0.5, 0.6) is 0 Å². The number of anilines is 1. The van der Waals surface area contributed by atoms with Crippen LogP contribution in [0.4, 0.5) is 14.5 Å². The molecule has 2 aromatic heterocycles. The minimum Gasteiger partial charge on any atom is -0.455 e. The first-order valence-corrected chi connectivity index (χ1v) is 14.9. The van der Waals surface area contributed by atoms with Crippen molar-refractivity contribution in [3.63, 3.8) is 0 Å². The van der Waals surface area contributed by atoms with E-state index in [0.29, 0.717) is 44.4 Å². The first-order chi connectivity index (χ1) is 21.1. The van der Waals surface area contributed by atoms with E-state index in [4.69, 9.17) is 4.42 Å². The number of benzene rings is 4. The summed E-state index contributed by atoms with van der Waals surface area (Å²) in [6, 6.07) is 19.9. The van der Waals surface area contributed by atoms with Gasteiger partial charge in [-0.25, -0.2) is 17.7 Å². The Labute approximate surface area is 252 Å². The summed E-state index contributed by atoms with van der Waals surface area (Å²) in [5.74, 6) is -0.976. The molecule has 1 N–H and O–H groups in total. The molecule has 222 valence electrons. The minimum atomic E-state index is -1.44. The predicted molar refractivity (Wildman–Crippen MR) is 166 cm³/mol. The summed E-state index contributed by atoms with van der Waals surface area (Å²) in [4.78, 5) is 26.7. The molecule has 1 amide bonds. The van der Waals surface area contributed by atoms with E-state index in [1.54, 1.807) is 53.8 Å². The first-order valence-electron chi connectivity index (χ1n) is 13.4. The number of rotatable bonds is 7. The maximum Gasteiger partial charge on any atom is 0.277 e. The number of halogens is 2. The highest BCUT2D eigenvalue weighted by atomic mass is 32.2. The molecule has 12 heteroatoms. The monoisotopic (exact) mass is 613 g/mol. The number of hydrogen-bond acceptors (Lipinski definition) is 6. The molecule has 1 unspecified atom stereocenters. The molecule has 0 spiro atoms. The highest BCUT2D eigenvalue weighted by Crippen LogP contribution is 2.41. The molecule has 0 aliphatic rings. The standard InChI is InChI=1S/C32H25F2N5O4S/c1-35-31(40)29-25-15-23(27(38(2)44(3)42)16-28(25)43-30(29)19-6-11-22(34)12-7-19)20-8-13-26-24(14-20)32(41)39(37-36-26)17-18-4-9-21(33)10-5-18/h4-16H,17H2,1-3H3,(H,35,40). The Bertz CT molecular complexity index is 2140. The smallest absolute Gasteiger partial charge is 0.277 e. The second-order valence-electron chi connectivity index (χ2n) is 10.1. The van der Waals surface area contributed by atoms with E-state index in [0.717, 1.165) is 0 Å². The average Bonchev–Trinajstić information content (AvgIpc) is 3.40. The van der Waals surface area contributed by atoms with Crippen molar-refractivity contribution in [3.05, 3.63) is 112 Å². The van der Waals surface area contributed by atoms with Crippen molar-refractivity contribution >= 4 is 44.5 Å². The first kappa shape index (κ1) is 28.9. The van der Waals surface area contributed by atoms with Crippen LogP contribution in [0.1, 0.15) is 15.9 Å². The van der Waals surface area contributed by atoms with E-state index in [-0.39, 0.29) is 29.1 Å². The van der Waals surface area contributed by atoms with E-state index in [9.17, 15) is 22.6 Å². The fourth-order valence-electron chi connectivity index (χ4n) is 5.03. The molecule has 4 aromatic carbocycles. The quantitative estimate of drug-likeness (QED) is 0.262. The molecular weight excluding hydrogens is 588 g/mol. The van der Waals surface area contributed by atoms with Gasteiger partial charge in [-0.05, 0) is 65.7 Å². The Kier molecular flexibility index (Phi) is 7.52. The normalized spacial score (nSPS) is 12.0. The van der Waals surface area contributed by atoms with Gasteiger partial charge >= 0.3 is 0 Å². The average molecular weight is 614 g/mol. The number of nitrogens with zero attached hydrogens (tertiary/aromatic N) is 4. The van der Waals surface area contributed by atoms with Crippen LogP contribution in [-0.2, 0) is 17.5 Å². The van der Waals surface area contributed by atoms with Gasteiger partial charge in [0.2, 0.25) is 0 Å². The van der Waals surface area contributed by atoms with Crippen LogP contribution >= 0.6 is 0 Å². The number of amides is 1. The molecule has 1 atom stereocenters. The van der Waals surface area contributed by atoms with Gasteiger partial charge < -0.3 is 9.73 Å². The molecule has 0 radical (unpaired) electrons. The van der Waals surface area contributed by atoms with Gasteiger partial charge in [0, 0.05) is 42.9 Å². The summed E-state index contributed by atoms with van der Waals surface area (Å²) in [5, 5.41) is 11.7. The fourth-order valence-corrected chi connectivity index (χ4v) is 5.46. The molecule has 0 aliphatic heterocycles. The second-order valence-corrected chi connectivity index (χ2v) is 11.5. The molecular formula is C32H25F2N5O4S. The zero-order valence-corrected chi connectivity index (χ0v) is 24.6.